The number of hydrogen-bond acceptors (Lipinski definition) is 5. The smallest absolute Gasteiger partial charge is 0.265 e. The lowest BCUT2D eigenvalue weighted by molar-refractivity contribution is 0.103. The average Bonchev–Trinajstić information content (AvgIpc) is 3.36. The highest BCUT2D eigenvalue weighted by Gasteiger charge is 2.28. The third kappa shape index (κ3) is 3.56. The van der Waals surface area contributed by atoms with Crippen molar-refractivity contribution in [1.29, 1.82) is 0 Å². The maximum atomic E-state index is 12.5. The average molecular weight is 370 g/mol. The summed E-state index contributed by atoms with van der Waals surface area (Å²) < 4.78 is 1.67. The van der Waals surface area contributed by atoms with Crippen LogP contribution in [-0.2, 0) is 13.6 Å². The van der Waals surface area contributed by atoms with Crippen molar-refractivity contribution in [3.63, 3.8) is 0 Å². The van der Waals surface area contributed by atoms with E-state index in [-0.39, 0.29) is 5.91 Å². The van der Waals surface area contributed by atoms with Gasteiger partial charge in [0.15, 0.2) is 0 Å². The van der Waals surface area contributed by atoms with Gasteiger partial charge in [-0.3, -0.25) is 14.4 Å². The third-order valence-corrected chi connectivity index (χ3v) is 5.82. The fraction of sp³-hybridized carbons (Fsp3) is 0.389. The number of carbonyl (C=O) groups excluding carboxylic acids is 1. The minimum Gasteiger partial charge on any atom is -0.345 e. The number of hydrogen-bond donors (Lipinski definition) is 2. The Labute approximate surface area is 156 Å². The van der Waals surface area contributed by atoms with E-state index in [1.165, 1.54) is 11.3 Å². The molecular weight excluding hydrogens is 348 g/mol. The number of likely N-dealkylation sites (tertiary alicyclic amines) is 1. The summed E-state index contributed by atoms with van der Waals surface area (Å²) in [4.78, 5) is 24.5. The molecule has 1 aliphatic rings. The minimum absolute atomic E-state index is 0.0806. The molecule has 0 bridgehead atoms. The van der Waals surface area contributed by atoms with Gasteiger partial charge in [-0.2, -0.15) is 5.10 Å². The SMILES string of the molecule is Cc1ncc(CN2CCC[C@@H]2c2ccc(C(=O)Nc3cnn(C)c3)s2)[nH]1. The molecule has 2 N–H and O–H groups in total. The molecule has 26 heavy (non-hydrogen) atoms. The Bertz CT molecular complexity index is 910. The maximum absolute atomic E-state index is 12.5. The lowest BCUT2D eigenvalue weighted by atomic mass is 10.2. The number of amides is 1. The van der Waals surface area contributed by atoms with Crippen LogP contribution in [0, 0.1) is 6.92 Å². The fourth-order valence-corrected chi connectivity index (χ4v) is 4.51. The Hall–Kier alpha value is -2.45. The molecule has 0 radical (unpaired) electrons. The summed E-state index contributed by atoms with van der Waals surface area (Å²) in [5.74, 6) is 0.865. The lowest BCUT2D eigenvalue weighted by Crippen LogP contribution is -2.22. The van der Waals surface area contributed by atoms with Gasteiger partial charge in [-0.15, -0.1) is 11.3 Å². The van der Waals surface area contributed by atoms with Crippen molar-refractivity contribution in [2.75, 3.05) is 11.9 Å². The van der Waals surface area contributed by atoms with E-state index in [1.807, 2.05) is 26.2 Å². The molecule has 0 aromatic carbocycles. The zero-order chi connectivity index (χ0) is 18.1. The summed E-state index contributed by atoms with van der Waals surface area (Å²) in [7, 11) is 1.83. The van der Waals surface area contributed by atoms with Crippen LogP contribution in [0.3, 0.4) is 0 Å². The molecule has 8 heteroatoms. The molecule has 0 spiro atoms. The number of nitrogens with one attached hydrogen (secondary N) is 2. The molecule has 7 nitrogen and oxygen atoms in total. The van der Waals surface area contributed by atoms with Gasteiger partial charge in [-0.05, 0) is 38.4 Å². The van der Waals surface area contributed by atoms with E-state index in [4.69, 9.17) is 0 Å². The topological polar surface area (TPSA) is 78.8 Å². The summed E-state index contributed by atoms with van der Waals surface area (Å²) in [5, 5.41) is 6.97. The number of H-pyrrole nitrogens is 1. The molecule has 0 aliphatic carbocycles. The molecule has 1 amide bonds. The highest BCUT2D eigenvalue weighted by Crippen LogP contribution is 2.36. The molecule has 4 rings (SSSR count). The van der Waals surface area contributed by atoms with Crippen LogP contribution >= 0.6 is 11.3 Å². The Kier molecular flexibility index (Phi) is 4.60. The second-order valence-electron chi connectivity index (χ2n) is 6.68. The largest absolute Gasteiger partial charge is 0.345 e. The summed E-state index contributed by atoms with van der Waals surface area (Å²) in [6.45, 7) is 3.90. The quantitative estimate of drug-likeness (QED) is 0.723. The van der Waals surface area contributed by atoms with Crippen molar-refractivity contribution in [1.82, 2.24) is 24.6 Å². The number of imidazole rings is 1. The van der Waals surface area contributed by atoms with Crippen molar-refractivity contribution in [2.24, 2.45) is 7.05 Å². The highest BCUT2D eigenvalue weighted by atomic mass is 32.1. The molecule has 136 valence electrons. The molecule has 3 aromatic heterocycles. The second-order valence-corrected chi connectivity index (χ2v) is 7.80. The van der Waals surface area contributed by atoms with Gasteiger partial charge in [0, 0.05) is 42.6 Å². The predicted molar refractivity (Wildman–Crippen MR) is 101 cm³/mol. The van der Waals surface area contributed by atoms with Crippen LogP contribution in [0.1, 0.15) is 45.0 Å². The fourth-order valence-electron chi connectivity index (χ4n) is 3.44. The molecule has 3 aromatic rings. The molecule has 1 atom stereocenters. The van der Waals surface area contributed by atoms with E-state index >= 15 is 0 Å². The Morgan fingerprint density at radius 1 is 1.42 bits per heavy atom. The summed E-state index contributed by atoms with van der Waals surface area (Å²) in [6.07, 6.45) is 7.64. The summed E-state index contributed by atoms with van der Waals surface area (Å²) in [5.41, 5.74) is 1.85. The van der Waals surface area contributed by atoms with Crippen LogP contribution < -0.4 is 5.32 Å². The van der Waals surface area contributed by atoms with Gasteiger partial charge in [0.05, 0.1) is 16.8 Å². The highest BCUT2D eigenvalue weighted by molar-refractivity contribution is 7.14. The van der Waals surface area contributed by atoms with Crippen molar-refractivity contribution >= 4 is 22.9 Å². The summed E-state index contributed by atoms with van der Waals surface area (Å²) >= 11 is 1.58. The number of nitrogens with zero attached hydrogens (tertiary/aromatic N) is 4. The Balaban J connectivity index is 1.45. The first-order valence-corrected chi connectivity index (χ1v) is 9.54. The monoisotopic (exact) mass is 370 g/mol. The van der Waals surface area contributed by atoms with Crippen LogP contribution in [0.25, 0.3) is 0 Å². The number of thiophene rings is 1. The lowest BCUT2D eigenvalue weighted by Gasteiger charge is -2.22. The van der Waals surface area contributed by atoms with Gasteiger partial charge in [0.2, 0.25) is 0 Å². The first kappa shape index (κ1) is 17.0. The van der Waals surface area contributed by atoms with Crippen LogP contribution in [0.15, 0.2) is 30.7 Å². The van der Waals surface area contributed by atoms with E-state index in [2.05, 4.69) is 31.3 Å². The van der Waals surface area contributed by atoms with Gasteiger partial charge in [0.25, 0.3) is 5.91 Å². The number of carbonyl (C=O) groups is 1. The molecule has 1 aliphatic heterocycles. The number of aryl methyl sites for hydroxylation is 2. The van der Waals surface area contributed by atoms with E-state index in [9.17, 15) is 4.79 Å². The van der Waals surface area contributed by atoms with Crippen LogP contribution in [0.2, 0.25) is 0 Å². The molecule has 1 saturated heterocycles. The van der Waals surface area contributed by atoms with Gasteiger partial charge < -0.3 is 10.3 Å². The van der Waals surface area contributed by atoms with Gasteiger partial charge in [0.1, 0.15) is 5.82 Å². The van der Waals surface area contributed by atoms with Crippen molar-refractivity contribution in [3.8, 4) is 0 Å². The Morgan fingerprint density at radius 2 is 2.31 bits per heavy atom. The normalized spacial score (nSPS) is 17.7. The van der Waals surface area contributed by atoms with Crippen LogP contribution in [0.4, 0.5) is 5.69 Å². The first-order valence-electron chi connectivity index (χ1n) is 8.73. The van der Waals surface area contributed by atoms with Gasteiger partial charge >= 0.3 is 0 Å². The number of aromatic amines is 1. The molecule has 1 fully saturated rings. The van der Waals surface area contributed by atoms with Crippen molar-refractivity contribution in [2.45, 2.75) is 32.4 Å². The van der Waals surface area contributed by atoms with Crippen LogP contribution in [0.5, 0.6) is 0 Å². The zero-order valence-electron chi connectivity index (χ0n) is 14.9. The van der Waals surface area contributed by atoms with E-state index in [0.717, 1.165) is 35.9 Å². The Morgan fingerprint density at radius 3 is 3.04 bits per heavy atom. The number of aromatic nitrogens is 4. The molecule has 0 unspecified atom stereocenters. The molecular formula is C18H22N6OS. The van der Waals surface area contributed by atoms with Crippen molar-refractivity contribution in [3.05, 3.63) is 52.0 Å². The molecule has 0 saturated carbocycles. The number of rotatable bonds is 5. The standard InChI is InChI=1S/C18H22N6OS/c1-12-19-8-13(21-12)11-24-7-3-4-15(24)16-5-6-17(26-16)18(25)22-14-9-20-23(2)10-14/h5-6,8-10,15H,3-4,7,11H2,1-2H3,(H,19,21)(H,22,25)/t15-/m1/s1. The van der Waals surface area contributed by atoms with E-state index in [1.54, 1.807) is 28.4 Å². The number of anilines is 1. The van der Waals surface area contributed by atoms with E-state index < -0.39 is 0 Å². The van der Waals surface area contributed by atoms with Crippen molar-refractivity contribution < 1.29 is 4.79 Å². The molecule has 4 heterocycles. The van der Waals surface area contributed by atoms with Gasteiger partial charge in [-0.25, -0.2) is 4.98 Å². The minimum atomic E-state index is -0.0806. The summed E-state index contributed by atoms with van der Waals surface area (Å²) in [6, 6.07) is 4.37. The first-order chi connectivity index (χ1) is 12.6. The van der Waals surface area contributed by atoms with Gasteiger partial charge in [-0.1, -0.05) is 0 Å². The predicted octanol–water partition coefficient (Wildman–Crippen LogP) is 3.10. The maximum Gasteiger partial charge on any atom is 0.265 e. The second kappa shape index (κ2) is 7.05. The zero-order valence-corrected chi connectivity index (χ0v) is 15.7. The van der Waals surface area contributed by atoms with E-state index in [0.29, 0.717) is 11.7 Å². The third-order valence-electron chi connectivity index (χ3n) is 4.63. The van der Waals surface area contributed by atoms with Crippen LogP contribution in [-0.4, -0.2) is 37.1 Å².